The molecule has 0 aromatic heterocycles. The summed E-state index contributed by atoms with van der Waals surface area (Å²) in [5, 5.41) is 22.6. The molecule has 10 atom stereocenters. The number of nitrogens with zero attached hydrogens (tertiary/aromatic N) is 2. The second-order valence-corrected chi connectivity index (χ2v) is 8.81. The minimum atomic E-state index is -0.319. The molecular weight excluding hydrogens is 300 g/mol. The Morgan fingerprint density at radius 3 is 2.79 bits per heavy atom. The van der Waals surface area contributed by atoms with E-state index in [1.54, 1.807) is 0 Å². The summed E-state index contributed by atoms with van der Waals surface area (Å²) >= 11 is 0. The number of likely N-dealkylation sites (N-methyl/N-ethyl adjacent to an activating group) is 1. The highest BCUT2D eigenvalue weighted by atomic mass is 16.3. The number of anilines is 1. The van der Waals surface area contributed by atoms with Crippen molar-refractivity contribution in [2.75, 3.05) is 11.9 Å². The van der Waals surface area contributed by atoms with E-state index in [1.807, 2.05) is 0 Å². The number of para-hydroxylation sites is 1. The van der Waals surface area contributed by atoms with Crippen LogP contribution < -0.4 is 4.90 Å². The molecule has 1 spiro atoms. The highest BCUT2D eigenvalue weighted by Gasteiger charge is 2.76. The van der Waals surface area contributed by atoms with Gasteiger partial charge in [-0.05, 0) is 36.8 Å². The molecule has 5 fully saturated rings. The van der Waals surface area contributed by atoms with Gasteiger partial charge in [0.05, 0.1) is 12.1 Å². The van der Waals surface area contributed by atoms with Gasteiger partial charge in [-0.1, -0.05) is 25.1 Å². The normalized spacial score (nSPS) is 55.8. The molecule has 1 aliphatic carbocycles. The lowest BCUT2D eigenvalue weighted by atomic mass is 9.62. The predicted molar refractivity (Wildman–Crippen MR) is 91.7 cm³/mol. The van der Waals surface area contributed by atoms with E-state index in [9.17, 15) is 10.2 Å². The van der Waals surface area contributed by atoms with E-state index in [-0.39, 0.29) is 17.7 Å². The van der Waals surface area contributed by atoms with Crippen LogP contribution in [0.15, 0.2) is 24.3 Å². The third-order valence-electron chi connectivity index (χ3n) is 8.46. The standard InChI is InChI=1S/C20H26N2O2/c1-3-10-11-8-14-17-20(12-6-4-5-7-13(12)21(17)2)9-15(16(11)18(20)23)22(14)19(10)24/h4-7,10-11,14-19,23-24H,3,8-9H2,1-2H3/t10-,11?,14-,15?,16+,17?,18-,19+,20+/m0/s1. The van der Waals surface area contributed by atoms with Crippen LogP contribution in [0.1, 0.15) is 31.7 Å². The average molecular weight is 326 g/mol. The Labute approximate surface area is 143 Å². The molecule has 0 radical (unpaired) electrons. The van der Waals surface area contributed by atoms with Crippen LogP contribution in [0.5, 0.6) is 0 Å². The highest BCUT2D eigenvalue weighted by Crippen LogP contribution is 2.68. The van der Waals surface area contributed by atoms with E-state index < -0.39 is 0 Å². The Hall–Kier alpha value is -1.10. The zero-order chi connectivity index (χ0) is 16.4. The van der Waals surface area contributed by atoms with Gasteiger partial charge in [-0.15, -0.1) is 0 Å². The van der Waals surface area contributed by atoms with Gasteiger partial charge in [0.25, 0.3) is 0 Å². The number of aliphatic hydroxyl groups excluding tert-OH is 2. The minimum absolute atomic E-state index is 0.126. The molecule has 4 saturated heterocycles. The first-order valence-electron chi connectivity index (χ1n) is 9.57. The Balaban J connectivity index is 1.60. The molecule has 2 N–H and O–H groups in total. The molecule has 1 aromatic carbocycles. The van der Waals surface area contributed by atoms with Gasteiger partial charge in [-0.3, -0.25) is 4.90 Å². The van der Waals surface area contributed by atoms with Crippen molar-refractivity contribution in [3.63, 3.8) is 0 Å². The maximum Gasteiger partial charge on any atom is 0.111 e. The minimum Gasteiger partial charge on any atom is -0.392 e. The van der Waals surface area contributed by atoms with Crippen LogP contribution in [0, 0.1) is 17.8 Å². The van der Waals surface area contributed by atoms with Gasteiger partial charge >= 0.3 is 0 Å². The van der Waals surface area contributed by atoms with E-state index in [0.29, 0.717) is 35.9 Å². The van der Waals surface area contributed by atoms with Gasteiger partial charge in [-0.25, -0.2) is 0 Å². The van der Waals surface area contributed by atoms with Crippen molar-refractivity contribution >= 4 is 5.69 Å². The second-order valence-electron chi connectivity index (χ2n) is 8.81. The van der Waals surface area contributed by atoms with Crippen molar-refractivity contribution in [1.82, 2.24) is 4.90 Å². The number of hydrogen-bond donors (Lipinski definition) is 2. The zero-order valence-electron chi connectivity index (χ0n) is 14.3. The van der Waals surface area contributed by atoms with Gasteiger partial charge < -0.3 is 15.1 Å². The zero-order valence-corrected chi connectivity index (χ0v) is 14.3. The summed E-state index contributed by atoms with van der Waals surface area (Å²) in [6.07, 6.45) is 2.56. The summed E-state index contributed by atoms with van der Waals surface area (Å²) in [4.78, 5) is 4.83. The topological polar surface area (TPSA) is 46.9 Å². The summed E-state index contributed by atoms with van der Waals surface area (Å²) in [5.74, 6) is 1.14. The molecule has 6 aliphatic rings. The quantitative estimate of drug-likeness (QED) is 0.822. The van der Waals surface area contributed by atoms with Crippen molar-refractivity contribution in [1.29, 1.82) is 0 Å². The van der Waals surface area contributed by atoms with Crippen molar-refractivity contribution in [3.8, 4) is 0 Å². The third-order valence-corrected chi connectivity index (χ3v) is 8.46. The molecule has 5 bridgehead atoms. The first-order valence-corrected chi connectivity index (χ1v) is 9.57. The van der Waals surface area contributed by atoms with E-state index >= 15 is 0 Å². The third kappa shape index (κ3) is 1.20. The summed E-state index contributed by atoms with van der Waals surface area (Å²) in [7, 11) is 2.19. The van der Waals surface area contributed by atoms with Crippen LogP contribution in [-0.4, -0.2) is 52.6 Å². The number of rotatable bonds is 1. The number of aliphatic hydroxyl groups is 2. The van der Waals surface area contributed by atoms with Crippen LogP contribution in [0.25, 0.3) is 0 Å². The Kier molecular flexibility index (Phi) is 2.45. The smallest absolute Gasteiger partial charge is 0.111 e. The number of benzene rings is 1. The molecule has 4 unspecified atom stereocenters. The van der Waals surface area contributed by atoms with E-state index in [2.05, 4.69) is 48.0 Å². The van der Waals surface area contributed by atoms with Gasteiger partial charge in [0.15, 0.2) is 0 Å². The fraction of sp³-hybridized carbons (Fsp3) is 0.700. The largest absolute Gasteiger partial charge is 0.392 e. The van der Waals surface area contributed by atoms with E-state index in [4.69, 9.17) is 0 Å². The molecular formula is C20H26N2O2. The summed E-state index contributed by atoms with van der Waals surface area (Å²) < 4.78 is 0. The number of hydrogen-bond acceptors (Lipinski definition) is 4. The van der Waals surface area contributed by atoms with Gasteiger partial charge in [0, 0.05) is 42.1 Å². The molecule has 0 amide bonds. The number of piperidine rings is 4. The summed E-state index contributed by atoms with van der Waals surface area (Å²) in [5.41, 5.74) is 2.51. The van der Waals surface area contributed by atoms with Crippen LogP contribution in [-0.2, 0) is 5.41 Å². The molecule has 1 saturated carbocycles. The van der Waals surface area contributed by atoms with Crippen molar-refractivity contribution in [3.05, 3.63) is 29.8 Å². The van der Waals surface area contributed by atoms with E-state index in [1.165, 1.54) is 11.3 Å². The molecule has 128 valence electrons. The molecule has 7 rings (SSSR count). The Bertz CT molecular complexity index is 723. The average Bonchev–Trinajstić information content (AvgIpc) is 2.97. The van der Waals surface area contributed by atoms with Crippen LogP contribution in [0.4, 0.5) is 5.69 Å². The lowest BCUT2D eigenvalue weighted by molar-refractivity contribution is -0.211. The molecule has 4 nitrogen and oxygen atoms in total. The van der Waals surface area contributed by atoms with E-state index in [0.717, 1.165) is 19.3 Å². The first kappa shape index (κ1) is 14.1. The molecule has 5 heterocycles. The van der Waals surface area contributed by atoms with Crippen LogP contribution in [0.3, 0.4) is 0 Å². The van der Waals surface area contributed by atoms with Crippen molar-refractivity contribution in [2.24, 2.45) is 17.8 Å². The first-order chi connectivity index (χ1) is 11.6. The maximum atomic E-state index is 11.6. The SMILES string of the molecule is CC[C@H]1C2C[C@H]3C4N(C)c5ccccc5[C@]45CC([C@@H]2[C@@H]5O)N3[C@@H]1O. The molecule has 24 heavy (non-hydrogen) atoms. The monoisotopic (exact) mass is 326 g/mol. The fourth-order valence-corrected chi connectivity index (χ4v) is 7.88. The fourth-order valence-electron chi connectivity index (χ4n) is 7.88. The highest BCUT2D eigenvalue weighted by molar-refractivity contribution is 5.67. The second kappa shape index (κ2) is 4.17. The van der Waals surface area contributed by atoms with Crippen molar-refractivity contribution in [2.45, 2.75) is 62.1 Å². The van der Waals surface area contributed by atoms with Crippen LogP contribution in [0.2, 0.25) is 0 Å². The van der Waals surface area contributed by atoms with Gasteiger partial charge in [0.1, 0.15) is 6.23 Å². The van der Waals surface area contributed by atoms with Gasteiger partial charge in [0.2, 0.25) is 0 Å². The molecule has 4 heteroatoms. The Morgan fingerprint density at radius 1 is 1.21 bits per heavy atom. The van der Waals surface area contributed by atoms with Crippen molar-refractivity contribution < 1.29 is 10.2 Å². The summed E-state index contributed by atoms with van der Waals surface area (Å²) in [6.45, 7) is 2.19. The summed E-state index contributed by atoms with van der Waals surface area (Å²) in [6, 6.07) is 9.70. The lowest BCUT2D eigenvalue weighted by Crippen LogP contribution is -2.72. The van der Waals surface area contributed by atoms with Crippen LogP contribution >= 0.6 is 0 Å². The Morgan fingerprint density at radius 2 is 2.00 bits per heavy atom. The number of fused-ring (bicyclic) bond motifs is 2. The van der Waals surface area contributed by atoms with Gasteiger partial charge in [-0.2, -0.15) is 0 Å². The molecule has 1 aromatic rings. The maximum absolute atomic E-state index is 11.6. The lowest BCUT2D eigenvalue weighted by Gasteiger charge is -2.62. The molecule has 5 aliphatic heterocycles. The predicted octanol–water partition coefficient (Wildman–Crippen LogP) is 1.55.